The third-order valence-electron chi connectivity index (χ3n) is 10.6. The van der Waals surface area contributed by atoms with Crippen molar-refractivity contribution in [2.24, 2.45) is 34.1 Å². The molecule has 3 aliphatic carbocycles. The van der Waals surface area contributed by atoms with Gasteiger partial charge in [0.05, 0.1) is 34.8 Å². The first-order chi connectivity index (χ1) is 20.7. The maximum absolute atomic E-state index is 14.7. The lowest BCUT2D eigenvalue weighted by Gasteiger charge is -2.33. The molecule has 4 fully saturated rings. The van der Waals surface area contributed by atoms with Gasteiger partial charge in [-0.15, -0.1) is 0 Å². The van der Waals surface area contributed by atoms with Gasteiger partial charge in [-0.1, -0.05) is 24.1 Å². The van der Waals surface area contributed by atoms with Gasteiger partial charge in [-0.05, 0) is 112 Å². The Morgan fingerprint density at radius 1 is 1.26 bits per heavy atom. The third-order valence-corrected chi connectivity index (χ3v) is 11.0. The molecule has 1 spiro atoms. The van der Waals surface area contributed by atoms with Gasteiger partial charge in [-0.25, -0.2) is 9.07 Å². The van der Waals surface area contributed by atoms with E-state index in [1.807, 2.05) is 13.3 Å². The van der Waals surface area contributed by atoms with Crippen molar-refractivity contribution in [1.82, 2.24) is 20.4 Å². The summed E-state index contributed by atoms with van der Waals surface area (Å²) >= 11 is 6.45. The average molecular weight is 608 g/mol. The predicted octanol–water partition coefficient (Wildman–Crippen LogP) is 6.75. The topological polar surface area (TPSA) is 80.5 Å². The molecule has 4 aliphatic rings. The zero-order valence-electron chi connectivity index (χ0n) is 25.4. The largest absolute Gasteiger partial charge is 0.381 e. The standard InChI is InChI=1S/C34H43ClFN5O2/c1-20(28-17-38-18-29(28)25-7-9-34(14-21(34)2)10-8-32(25)43-4)11-24(16-37-3)41-19-22(15-39-41)26-12-27(31(36)13-30(26)35)33(42)40-23-5-6-23/h11-13,15-16,19,21,23,25,28-29,32,38H,3,5-10,14,17-18H2,1-2,4H3,(H,40,42)/b20-11+,24-16+/t21?,25-,28?,29?,32-,34?/m1/s1. The Balaban J connectivity index is 1.23. The molecule has 1 amide bonds. The highest BCUT2D eigenvalue weighted by atomic mass is 35.5. The summed E-state index contributed by atoms with van der Waals surface area (Å²) in [5.41, 5.74) is 3.78. The maximum Gasteiger partial charge on any atom is 0.254 e. The van der Waals surface area contributed by atoms with E-state index in [1.54, 1.807) is 17.1 Å². The van der Waals surface area contributed by atoms with Crippen molar-refractivity contribution < 1.29 is 13.9 Å². The van der Waals surface area contributed by atoms with E-state index in [0.29, 0.717) is 40.4 Å². The van der Waals surface area contributed by atoms with Crippen LogP contribution in [0.4, 0.5) is 4.39 Å². The van der Waals surface area contributed by atoms with Crippen LogP contribution < -0.4 is 10.6 Å². The van der Waals surface area contributed by atoms with Crippen LogP contribution in [0.5, 0.6) is 0 Å². The third kappa shape index (κ3) is 6.24. The number of amides is 1. The molecule has 4 unspecified atom stereocenters. The van der Waals surface area contributed by atoms with E-state index in [1.165, 1.54) is 43.4 Å². The van der Waals surface area contributed by atoms with Crippen molar-refractivity contribution in [2.75, 3.05) is 20.2 Å². The van der Waals surface area contributed by atoms with Crippen LogP contribution in [0.25, 0.3) is 16.8 Å². The minimum atomic E-state index is -0.639. The maximum atomic E-state index is 14.7. The highest BCUT2D eigenvalue weighted by Gasteiger charge is 2.53. The number of aromatic nitrogens is 2. The van der Waals surface area contributed by atoms with E-state index in [4.69, 9.17) is 16.3 Å². The minimum absolute atomic E-state index is 0.0203. The summed E-state index contributed by atoms with van der Waals surface area (Å²) in [6.07, 6.45) is 15.8. The molecule has 2 N–H and O–H groups in total. The Kier molecular flexibility index (Phi) is 8.64. The number of hydrogen-bond donors (Lipinski definition) is 2. The fraction of sp³-hybridized carbons (Fsp3) is 0.559. The minimum Gasteiger partial charge on any atom is -0.381 e. The highest BCUT2D eigenvalue weighted by Crippen LogP contribution is 2.61. The van der Waals surface area contributed by atoms with Crippen LogP contribution in [0.2, 0.25) is 5.02 Å². The van der Waals surface area contributed by atoms with E-state index in [0.717, 1.165) is 44.0 Å². The number of rotatable bonds is 9. The summed E-state index contributed by atoms with van der Waals surface area (Å²) < 4.78 is 22.5. The Hall–Kier alpha value is -2.81. The second kappa shape index (κ2) is 12.3. The summed E-state index contributed by atoms with van der Waals surface area (Å²) in [6, 6.07) is 2.83. The van der Waals surface area contributed by atoms with Crippen molar-refractivity contribution in [1.29, 1.82) is 0 Å². The number of halogens is 2. The van der Waals surface area contributed by atoms with E-state index in [2.05, 4.69) is 47.4 Å². The first-order valence-corrected chi connectivity index (χ1v) is 16.0. The highest BCUT2D eigenvalue weighted by molar-refractivity contribution is 6.33. The van der Waals surface area contributed by atoms with Gasteiger partial charge >= 0.3 is 0 Å². The number of nitrogens with zero attached hydrogens (tertiary/aromatic N) is 3. The molecule has 6 atom stereocenters. The summed E-state index contributed by atoms with van der Waals surface area (Å²) in [4.78, 5) is 16.7. The van der Waals surface area contributed by atoms with E-state index >= 15 is 0 Å². The van der Waals surface area contributed by atoms with Crippen LogP contribution in [0.1, 0.15) is 69.2 Å². The molecule has 0 bridgehead atoms. The molecular weight excluding hydrogens is 565 g/mol. The molecule has 0 radical (unpaired) electrons. The molecule has 7 nitrogen and oxygen atoms in total. The normalized spacial score (nSPS) is 31.2. The van der Waals surface area contributed by atoms with Crippen molar-refractivity contribution in [3.63, 3.8) is 0 Å². The van der Waals surface area contributed by atoms with Gasteiger partial charge in [-0.3, -0.25) is 9.79 Å². The van der Waals surface area contributed by atoms with Crippen molar-refractivity contribution in [3.8, 4) is 11.1 Å². The summed E-state index contributed by atoms with van der Waals surface area (Å²) in [5, 5.41) is 11.3. The van der Waals surface area contributed by atoms with Gasteiger partial charge in [0.1, 0.15) is 5.82 Å². The molecule has 9 heteroatoms. The summed E-state index contributed by atoms with van der Waals surface area (Å²) in [6.45, 7) is 10.2. The molecule has 230 valence electrons. The number of aliphatic imine (C=N–C) groups is 1. The van der Waals surface area contributed by atoms with Crippen LogP contribution in [-0.4, -0.2) is 54.8 Å². The lowest BCUT2D eigenvalue weighted by atomic mass is 9.75. The van der Waals surface area contributed by atoms with Crippen molar-refractivity contribution >= 4 is 29.9 Å². The van der Waals surface area contributed by atoms with Crippen LogP contribution in [0.3, 0.4) is 0 Å². The van der Waals surface area contributed by atoms with Gasteiger partial charge in [0.15, 0.2) is 0 Å². The van der Waals surface area contributed by atoms with E-state index in [-0.39, 0.29) is 16.6 Å². The molecule has 2 aromatic rings. The smallest absolute Gasteiger partial charge is 0.254 e. The van der Waals surface area contributed by atoms with E-state index < -0.39 is 11.7 Å². The Labute approximate surface area is 259 Å². The summed E-state index contributed by atoms with van der Waals surface area (Å²) in [7, 11) is 1.88. The summed E-state index contributed by atoms with van der Waals surface area (Å²) in [5.74, 6) is 1.17. The number of allylic oxidation sites excluding steroid dienone is 2. The number of carbonyl (C=O) groups is 1. The second-order valence-corrected chi connectivity index (χ2v) is 13.7. The van der Waals surface area contributed by atoms with Gasteiger partial charge in [-0.2, -0.15) is 5.10 Å². The monoisotopic (exact) mass is 607 g/mol. The molecule has 43 heavy (non-hydrogen) atoms. The SMILES string of the molecule is C=N/C=C(\C=C(/C)C1CNCC1[C@H]1CCC2(CC[C@H]1OC)CC2C)n1cc(-c2cc(C(=O)NC3CC3)c(F)cc2Cl)cn1. The van der Waals surface area contributed by atoms with Crippen LogP contribution in [-0.2, 0) is 4.74 Å². The molecule has 1 aliphatic heterocycles. The number of carbonyl (C=O) groups excluding carboxylic acids is 1. The van der Waals surface area contributed by atoms with Gasteiger partial charge in [0.2, 0.25) is 0 Å². The molecule has 2 heterocycles. The molecular formula is C34H43ClFN5O2. The number of ether oxygens (including phenoxy) is 1. The van der Waals surface area contributed by atoms with Crippen molar-refractivity contribution in [3.05, 3.63) is 58.8 Å². The quantitative estimate of drug-likeness (QED) is 0.244. The lowest BCUT2D eigenvalue weighted by molar-refractivity contribution is 0.0193. The predicted molar refractivity (Wildman–Crippen MR) is 170 cm³/mol. The van der Waals surface area contributed by atoms with Crippen molar-refractivity contribution in [2.45, 2.75) is 70.9 Å². The van der Waals surface area contributed by atoms with Gasteiger partial charge in [0.25, 0.3) is 5.91 Å². The van der Waals surface area contributed by atoms with Crippen LogP contribution >= 0.6 is 11.6 Å². The fourth-order valence-electron chi connectivity index (χ4n) is 7.72. The van der Waals surface area contributed by atoms with Gasteiger partial charge < -0.3 is 15.4 Å². The fourth-order valence-corrected chi connectivity index (χ4v) is 7.98. The Morgan fingerprint density at radius 3 is 2.72 bits per heavy atom. The zero-order valence-corrected chi connectivity index (χ0v) is 26.2. The molecule has 1 aromatic heterocycles. The van der Waals surface area contributed by atoms with E-state index in [9.17, 15) is 9.18 Å². The number of nitrogens with one attached hydrogen (secondary N) is 2. The number of benzene rings is 1. The molecule has 1 aromatic carbocycles. The molecule has 6 rings (SSSR count). The second-order valence-electron chi connectivity index (χ2n) is 13.3. The van der Waals surface area contributed by atoms with Crippen LogP contribution in [0.15, 0.2) is 47.4 Å². The van der Waals surface area contributed by atoms with Crippen LogP contribution in [0, 0.1) is 34.9 Å². The number of methoxy groups -OCH3 is 1. The Morgan fingerprint density at radius 2 is 2.02 bits per heavy atom. The Bertz CT molecular complexity index is 1450. The average Bonchev–Trinajstić information content (AvgIpc) is 3.78. The molecule has 3 saturated carbocycles. The first-order valence-electron chi connectivity index (χ1n) is 15.7. The van der Waals surface area contributed by atoms with Gasteiger partial charge in [0, 0.05) is 37.0 Å². The molecule has 1 saturated heterocycles. The lowest BCUT2D eigenvalue weighted by Crippen LogP contribution is -2.33. The number of hydrogen-bond acceptors (Lipinski definition) is 5. The zero-order chi connectivity index (χ0) is 30.3. The first kappa shape index (κ1) is 30.2.